The molecule has 0 spiro atoms. The summed E-state index contributed by atoms with van der Waals surface area (Å²) in [6.07, 6.45) is 0. The lowest BCUT2D eigenvalue weighted by atomic mass is 10.2. The van der Waals surface area contributed by atoms with Gasteiger partial charge in [0.1, 0.15) is 0 Å². The molecule has 1 aromatic carbocycles. The summed E-state index contributed by atoms with van der Waals surface area (Å²) in [7, 11) is 0. The fourth-order valence-electron chi connectivity index (χ4n) is 0.777. The van der Waals surface area contributed by atoms with Gasteiger partial charge >= 0.3 is 5.69 Å². The molecular weight excluding hydrogens is 185 g/mol. The molecule has 0 aromatic heterocycles. The fourth-order valence-corrected chi connectivity index (χ4v) is 0.937. The molecule has 12 heavy (non-hydrogen) atoms. The molecule has 0 unspecified atom stereocenters. The van der Waals surface area contributed by atoms with Crippen molar-refractivity contribution < 1.29 is 9.31 Å². The second-order valence-electron chi connectivity index (χ2n) is 2.29. The molecule has 5 heteroatoms. The predicted octanol–water partition coefficient (Wildman–Crippen LogP) is 2.70. The van der Waals surface area contributed by atoms with Crippen molar-refractivity contribution in [2.45, 2.75) is 6.92 Å². The van der Waals surface area contributed by atoms with Gasteiger partial charge in [0, 0.05) is 6.07 Å². The van der Waals surface area contributed by atoms with E-state index in [0.29, 0.717) is 5.56 Å². The minimum atomic E-state index is -0.971. The summed E-state index contributed by atoms with van der Waals surface area (Å²) < 4.78 is 12.9. The van der Waals surface area contributed by atoms with E-state index in [-0.39, 0.29) is 5.02 Å². The van der Waals surface area contributed by atoms with Crippen molar-refractivity contribution in [3.05, 3.63) is 38.7 Å². The van der Waals surface area contributed by atoms with Crippen LogP contribution in [0.25, 0.3) is 0 Å². The first-order chi connectivity index (χ1) is 5.54. The Morgan fingerprint density at radius 3 is 2.67 bits per heavy atom. The van der Waals surface area contributed by atoms with E-state index in [4.69, 9.17) is 11.6 Å². The lowest BCUT2D eigenvalue weighted by Crippen LogP contribution is -1.93. The van der Waals surface area contributed by atoms with Gasteiger partial charge < -0.3 is 0 Å². The molecule has 0 N–H and O–H groups in total. The van der Waals surface area contributed by atoms with Crippen LogP contribution in [0.15, 0.2) is 12.1 Å². The third kappa shape index (κ3) is 1.38. The Balaban J connectivity index is 3.36. The van der Waals surface area contributed by atoms with Gasteiger partial charge in [0.25, 0.3) is 0 Å². The molecule has 0 radical (unpaired) electrons. The maximum atomic E-state index is 12.9. The third-order valence-corrected chi connectivity index (χ3v) is 1.92. The standard InChI is InChI=1S/C7H5ClFNO2/c1-4-2-3-5(10(11)12)7(9)6(4)8/h2-3H,1H3. The van der Waals surface area contributed by atoms with Crippen molar-refractivity contribution in [3.63, 3.8) is 0 Å². The van der Waals surface area contributed by atoms with Gasteiger partial charge in [-0.15, -0.1) is 0 Å². The first-order valence-corrected chi connectivity index (χ1v) is 3.51. The first-order valence-electron chi connectivity index (χ1n) is 3.13. The third-order valence-electron chi connectivity index (χ3n) is 1.45. The van der Waals surface area contributed by atoms with E-state index in [1.807, 2.05) is 0 Å². The first kappa shape index (κ1) is 8.93. The lowest BCUT2D eigenvalue weighted by molar-refractivity contribution is -0.387. The van der Waals surface area contributed by atoms with Gasteiger partial charge in [-0.25, -0.2) is 0 Å². The molecule has 0 fully saturated rings. The number of nitro groups is 1. The summed E-state index contributed by atoms with van der Waals surface area (Å²) in [5.74, 6) is -0.971. The largest absolute Gasteiger partial charge is 0.306 e. The molecular formula is C7H5ClFNO2. The Kier molecular flexibility index (Phi) is 2.28. The Morgan fingerprint density at radius 2 is 2.17 bits per heavy atom. The highest BCUT2D eigenvalue weighted by Crippen LogP contribution is 2.26. The summed E-state index contributed by atoms with van der Waals surface area (Å²) in [6.45, 7) is 1.58. The average molecular weight is 190 g/mol. The van der Waals surface area contributed by atoms with E-state index in [0.717, 1.165) is 6.07 Å². The molecule has 0 amide bonds. The molecule has 0 atom stereocenters. The highest BCUT2D eigenvalue weighted by Gasteiger charge is 2.17. The maximum Gasteiger partial charge on any atom is 0.306 e. The second kappa shape index (κ2) is 3.06. The molecule has 0 aliphatic carbocycles. The Labute approximate surface area is 72.9 Å². The van der Waals surface area contributed by atoms with Gasteiger partial charge in [0.2, 0.25) is 5.82 Å². The van der Waals surface area contributed by atoms with E-state index < -0.39 is 16.4 Å². The number of hydrogen-bond acceptors (Lipinski definition) is 2. The summed E-state index contributed by atoms with van der Waals surface area (Å²) in [5.41, 5.74) is -0.106. The van der Waals surface area contributed by atoms with Crippen molar-refractivity contribution in [2.75, 3.05) is 0 Å². The van der Waals surface area contributed by atoms with Crippen molar-refractivity contribution in [2.24, 2.45) is 0 Å². The van der Waals surface area contributed by atoms with Crippen LogP contribution in [-0.2, 0) is 0 Å². The molecule has 0 aliphatic rings. The fraction of sp³-hybridized carbons (Fsp3) is 0.143. The van der Waals surface area contributed by atoms with Crippen LogP contribution < -0.4 is 0 Å². The Morgan fingerprint density at radius 1 is 1.58 bits per heavy atom. The highest BCUT2D eigenvalue weighted by atomic mass is 35.5. The van der Waals surface area contributed by atoms with Gasteiger partial charge in [-0.1, -0.05) is 17.7 Å². The normalized spacial score (nSPS) is 9.92. The zero-order valence-electron chi connectivity index (χ0n) is 6.17. The van der Waals surface area contributed by atoms with Crippen molar-refractivity contribution in [3.8, 4) is 0 Å². The van der Waals surface area contributed by atoms with Gasteiger partial charge in [-0.3, -0.25) is 10.1 Å². The van der Waals surface area contributed by atoms with Crippen molar-refractivity contribution in [1.29, 1.82) is 0 Å². The zero-order valence-corrected chi connectivity index (χ0v) is 6.93. The summed E-state index contributed by atoms with van der Waals surface area (Å²) >= 11 is 5.45. The molecule has 64 valence electrons. The molecule has 0 bridgehead atoms. The monoisotopic (exact) mass is 189 g/mol. The SMILES string of the molecule is Cc1ccc([N+](=O)[O-])c(F)c1Cl. The number of hydrogen-bond donors (Lipinski definition) is 0. The second-order valence-corrected chi connectivity index (χ2v) is 2.66. The molecule has 1 rings (SSSR count). The van der Waals surface area contributed by atoms with Gasteiger partial charge in [-0.2, -0.15) is 4.39 Å². The number of nitrogens with zero attached hydrogens (tertiary/aromatic N) is 1. The van der Waals surface area contributed by atoms with Crippen LogP contribution in [0.1, 0.15) is 5.56 Å². The lowest BCUT2D eigenvalue weighted by Gasteiger charge is -1.98. The number of rotatable bonds is 1. The summed E-state index contributed by atoms with van der Waals surface area (Å²) in [6, 6.07) is 2.50. The Hall–Kier alpha value is -1.16. The van der Waals surface area contributed by atoms with Gasteiger partial charge in [0.15, 0.2) is 0 Å². The van der Waals surface area contributed by atoms with E-state index in [9.17, 15) is 14.5 Å². The zero-order chi connectivity index (χ0) is 9.30. The van der Waals surface area contributed by atoms with Crippen LogP contribution in [0.4, 0.5) is 10.1 Å². The maximum absolute atomic E-state index is 12.9. The smallest absolute Gasteiger partial charge is 0.258 e. The molecule has 0 heterocycles. The minimum absolute atomic E-state index is 0.191. The van der Waals surface area contributed by atoms with Crippen molar-refractivity contribution >= 4 is 17.3 Å². The van der Waals surface area contributed by atoms with Crippen LogP contribution >= 0.6 is 11.6 Å². The molecule has 0 aliphatic heterocycles. The highest BCUT2D eigenvalue weighted by molar-refractivity contribution is 6.31. The number of nitro benzene ring substituents is 1. The van der Waals surface area contributed by atoms with Crippen LogP contribution in [0, 0.1) is 22.9 Å². The van der Waals surface area contributed by atoms with E-state index in [1.54, 1.807) is 6.92 Å². The van der Waals surface area contributed by atoms with Gasteiger partial charge in [-0.05, 0) is 12.5 Å². The van der Waals surface area contributed by atoms with E-state index >= 15 is 0 Å². The van der Waals surface area contributed by atoms with Crippen molar-refractivity contribution in [1.82, 2.24) is 0 Å². The summed E-state index contributed by atoms with van der Waals surface area (Å²) in [4.78, 5) is 9.39. The number of aryl methyl sites for hydroxylation is 1. The van der Waals surface area contributed by atoms with Crippen LogP contribution in [0.5, 0.6) is 0 Å². The predicted molar refractivity (Wildman–Crippen MR) is 42.8 cm³/mol. The Bertz CT molecular complexity index is 340. The summed E-state index contributed by atoms with van der Waals surface area (Å²) in [5, 5.41) is 10.0. The quantitative estimate of drug-likeness (QED) is 0.504. The molecule has 0 saturated carbocycles. The average Bonchev–Trinajstić information content (AvgIpc) is 2.00. The van der Waals surface area contributed by atoms with Crippen LogP contribution in [-0.4, -0.2) is 4.92 Å². The molecule has 0 saturated heterocycles. The number of benzene rings is 1. The molecule has 3 nitrogen and oxygen atoms in total. The van der Waals surface area contributed by atoms with Gasteiger partial charge in [0.05, 0.1) is 9.95 Å². The topological polar surface area (TPSA) is 43.1 Å². The van der Waals surface area contributed by atoms with E-state index in [1.165, 1.54) is 6.07 Å². The molecule has 1 aromatic rings. The van der Waals surface area contributed by atoms with Crippen LogP contribution in [0.3, 0.4) is 0 Å². The minimum Gasteiger partial charge on any atom is -0.258 e. The van der Waals surface area contributed by atoms with E-state index in [2.05, 4.69) is 0 Å². The number of halogens is 2. The van der Waals surface area contributed by atoms with Crippen LogP contribution in [0.2, 0.25) is 5.02 Å².